The van der Waals surface area contributed by atoms with Gasteiger partial charge < -0.3 is 0 Å². The Bertz CT molecular complexity index is 384. The number of carbonyl (C=O) groups is 1. The number of carbonyl (C=O) groups excluding carboxylic acids is 1. The van der Waals surface area contributed by atoms with Crippen LogP contribution in [0.4, 0.5) is 0 Å². The Morgan fingerprint density at radius 1 is 1.33 bits per heavy atom. The van der Waals surface area contributed by atoms with Gasteiger partial charge in [0.05, 0.1) is 4.88 Å². The van der Waals surface area contributed by atoms with E-state index in [1.807, 2.05) is 17.5 Å². The molecular weight excluding hydrogens is 272 g/mol. The monoisotopic (exact) mass is 284 g/mol. The molecule has 0 aliphatic heterocycles. The molecule has 1 nitrogen and oxygen atoms in total. The minimum Gasteiger partial charge on any atom is -0.288 e. The summed E-state index contributed by atoms with van der Waals surface area (Å²) in [6, 6.07) is 1.93. The fourth-order valence-electron chi connectivity index (χ4n) is 1.87. The van der Waals surface area contributed by atoms with Gasteiger partial charge in [-0.1, -0.05) is 12.0 Å². The zero-order chi connectivity index (χ0) is 10.7. The maximum absolute atomic E-state index is 11.9. The van der Waals surface area contributed by atoms with Crippen LogP contribution in [-0.4, -0.2) is 5.78 Å². The number of halogens is 1. The van der Waals surface area contributed by atoms with Crippen LogP contribution in [0.3, 0.4) is 0 Å². The molecule has 0 N–H and O–H groups in total. The van der Waals surface area contributed by atoms with Crippen molar-refractivity contribution in [1.29, 1.82) is 0 Å². The van der Waals surface area contributed by atoms with Crippen molar-refractivity contribution in [2.24, 2.45) is 0 Å². The molecule has 1 aromatic rings. The Hall–Kier alpha value is -0.410. The first kappa shape index (κ1) is 11.1. The van der Waals surface area contributed by atoms with E-state index in [0.717, 1.165) is 22.2 Å². The van der Waals surface area contributed by atoms with Gasteiger partial charge in [0, 0.05) is 4.47 Å². The maximum atomic E-state index is 11.9. The van der Waals surface area contributed by atoms with E-state index in [1.54, 1.807) is 0 Å². The van der Waals surface area contributed by atoms with Crippen molar-refractivity contribution in [2.45, 2.75) is 32.1 Å². The highest BCUT2D eigenvalue weighted by Gasteiger charge is 2.12. The standard InChI is InChI=1S/C12H13BrOS/c13-10-6-7-15-12(10)11(14)8-9-4-2-1-3-5-9/h6-8H,1-5H2. The lowest BCUT2D eigenvalue weighted by molar-refractivity contribution is 0.104. The highest BCUT2D eigenvalue weighted by atomic mass is 79.9. The summed E-state index contributed by atoms with van der Waals surface area (Å²) in [7, 11) is 0. The number of hydrogen-bond acceptors (Lipinski definition) is 2. The molecule has 3 heteroatoms. The molecule has 15 heavy (non-hydrogen) atoms. The van der Waals surface area contributed by atoms with Crippen LogP contribution in [0.5, 0.6) is 0 Å². The van der Waals surface area contributed by atoms with E-state index in [1.165, 1.54) is 36.2 Å². The molecule has 0 saturated heterocycles. The molecule has 1 heterocycles. The van der Waals surface area contributed by atoms with Crippen LogP contribution in [0.1, 0.15) is 41.8 Å². The highest BCUT2D eigenvalue weighted by Crippen LogP contribution is 2.27. The Morgan fingerprint density at radius 3 is 2.67 bits per heavy atom. The smallest absolute Gasteiger partial charge is 0.196 e. The van der Waals surface area contributed by atoms with Crippen molar-refractivity contribution >= 4 is 33.0 Å². The predicted molar refractivity (Wildman–Crippen MR) is 67.5 cm³/mol. The second-order valence-electron chi connectivity index (χ2n) is 3.83. The lowest BCUT2D eigenvalue weighted by atomic mass is 9.94. The lowest BCUT2D eigenvalue weighted by Crippen LogP contribution is -1.99. The van der Waals surface area contributed by atoms with Gasteiger partial charge in [0.15, 0.2) is 5.78 Å². The fraction of sp³-hybridized carbons (Fsp3) is 0.417. The van der Waals surface area contributed by atoms with Crippen LogP contribution < -0.4 is 0 Å². The van der Waals surface area contributed by atoms with E-state index in [2.05, 4.69) is 15.9 Å². The molecule has 1 aromatic heterocycles. The van der Waals surface area contributed by atoms with Crippen LogP contribution >= 0.6 is 27.3 Å². The van der Waals surface area contributed by atoms with Gasteiger partial charge in [0.25, 0.3) is 0 Å². The minimum atomic E-state index is 0.161. The summed E-state index contributed by atoms with van der Waals surface area (Å²) in [6.45, 7) is 0. The van der Waals surface area contributed by atoms with E-state index in [0.29, 0.717) is 0 Å². The largest absolute Gasteiger partial charge is 0.288 e. The van der Waals surface area contributed by atoms with Crippen LogP contribution in [0, 0.1) is 0 Å². The van der Waals surface area contributed by atoms with E-state index in [-0.39, 0.29) is 5.78 Å². The van der Waals surface area contributed by atoms with E-state index in [4.69, 9.17) is 0 Å². The molecule has 0 amide bonds. The molecule has 0 radical (unpaired) electrons. The summed E-state index contributed by atoms with van der Waals surface area (Å²) in [6.07, 6.45) is 7.85. The summed E-state index contributed by atoms with van der Waals surface area (Å²) in [5, 5.41) is 1.94. The number of allylic oxidation sites excluding steroid dienone is 2. The molecular formula is C12H13BrOS. The minimum absolute atomic E-state index is 0.161. The Morgan fingerprint density at radius 2 is 2.07 bits per heavy atom. The Balaban J connectivity index is 2.12. The van der Waals surface area contributed by atoms with Gasteiger partial charge in [0.1, 0.15) is 0 Å². The predicted octanol–water partition coefficient (Wildman–Crippen LogP) is 4.58. The van der Waals surface area contributed by atoms with Crippen molar-refractivity contribution in [3.8, 4) is 0 Å². The van der Waals surface area contributed by atoms with Gasteiger partial charge in [-0.3, -0.25) is 4.79 Å². The molecule has 80 valence electrons. The summed E-state index contributed by atoms with van der Waals surface area (Å²) in [4.78, 5) is 12.7. The molecule has 1 fully saturated rings. The molecule has 0 unspecified atom stereocenters. The summed E-state index contributed by atoms with van der Waals surface area (Å²) in [5.41, 5.74) is 1.33. The van der Waals surface area contributed by atoms with Crippen molar-refractivity contribution in [3.63, 3.8) is 0 Å². The third kappa shape index (κ3) is 2.79. The third-order valence-corrected chi connectivity index (χ3v) is 4.52. The van der Waals surface area contributed by atoms with Crippen molar-refractivity contribution in [3.05, 3.63) is 32.4 Å². The number of rotatable bonds is 2. The van der Waals surface area contributed by atoms with E-state index in [9.17, 15) is 4.79 Å². The van der Waals surface area contributed by atoms with Crippen LogP contribution in [-0.2, 0) is 0 Å². The summed E-state index contributed by atoms with van der Waals surface area (Å²) >= 11 is 4.90. The number of hydrogen-bond donors (Lipinski definition) is 0. The van der Waals surface area contributed by atoms with Crippen molar-refractivity contribution < 1.29 is 4.79 Å². The van der Waals surface area contributed by atoms with Crippen LogP contribution in [0.25, 0.3) is 0 Å². The molecule has 1 saturated carbocycles. The first-order valence-corrected chi connectivity index (χ1v) is 6.91. The van der Waals surface area contributed by atoms with Gasteiger partial charge in [-0.15, -0.1) is 11.3 Å². The molecule has 0 spiro atoms. The molecule has 1 aliphatic rings. The molecule has 0 bridgehead atoms. The van der Waals surface area contributed by atoms with Gasteiger partial charge >= 0.3 is 0 Å². The normalized spacial score (nSPS) is 16.5. The Labute approximate surface area is 102 Å². The lowest BCUT2D eigenvalue weighted by Gasteiger charge is -2.12. The Kier molecular flexibility index (Phi) is 3.76. The summed E-state index contributed by atoms with van der Waals surface area (Å²) in [5.74, 6) is 0.161. The first-order valence-electron chi connectivity index (χ1n) is 5.24. The fourth-order valence-corrected chi connectivity index (χ4v) is 3.35. The molecule has 1 aliphatic carbocycles. The second kappa shape index (κ2) is 5.08. The van der Waals surface area contributed by atoms with Gasteiger partial charge in [-0.2, -0.15) is 0 Å². The van der Waals surface area contributed by atoms with Crippen LogP contribution in [0.2, 0.25) is 0 Å². The van der Waals surface area contributed by atoms with Gasteiger partial charge in [0.2, 0.25) is 0 Å². The average molecular weight is 285 g/mol. The van der Waals surface area contributed by atoms with Gasteiger partial charge in [-0.05, 0) is 59.1 Å². The number of thiophene rings is 1. The third-order valence-electron chi connectivity index (χ3n) is 2.67. The van der Waals surface area contributed by atoms with Crippen molar-refractivity contribution in [1.82, 2.24) is 0 Å². The topological polar surface area (TPSA) is 17.1 Å². The zero-order valence-corrected chi connectivity index (χ0v) is 10.9. The molecule has 0 aromatic carbocycles. The zero-order valence-electron chi connectivity index (χ0n) is 8.46. The average Bonchev–Trinajstić information content (AvgIpc) is 2.66. The second-order valence-corrected chi connectivity index (χ2v) is 5.60. The highest BCUT2D eigenvalue weighted by molar-refractivity contribution is 9.10. The first-order chi connectivity index (χ1) is 7.27. The quantitative estimate of drug-likeness (QED) is 0.574. The van der Waals surface area contributed by atoms with Gasteiger partial charge in [-0.25, -0.2) is 0 Å². The summed E-state index contributed by atoms with van der Waals surface area (Å²) < 4.78 is 0.921. The molecule has 2 rings (SSSR count). The maximum Gasteiger partial charge on any atom is 0.196 e. The van der Waals surface area contributed by atoms with E-state index >= 15 is 0 Å². The SMILES string of the molecule is O=C(C=C1CCCCC1)c1sccc1Br. The number of ketones is 1. The molecule has 0 atom stereocenters. The van der Waals surface area contributed by atoms with Crippen LogP contribution in [0.15, 0.2) is 27.6 Å². The van der Waals surface area contributed by atoms with Crippen molar-refractivity contribution in [2.75, 3.05) is 0 Å². The van der Waals surface area contributed by atoms with E-state index < -0.39 is 0 Å².